The van der Waals surface area contributed by atoms with Crippen molar-refractivity contribution in [1.29, 1.82) is 0 Å². The van der Waals surface area contributed by atoms with E-state index in [1.54, 1.807) is 19.9 Å². The second-order valence-corrected chi connectivity index (χ2v) is 18.4. The number of rotatable bonds is 18. The fourth-order valence-electron chi connectivity index (χ4n) is 7.37. The maximum absolute atomic E-state index is 14.7. The van der Waals surface area contributed by atoms with Crippen molar-refractivity contribution < 1.29 is 64.1 Å². The Labute approximate surface area is 346 Å². The second-order valence-electron chi connectivity index (χ2n) is 16.2. The largest absolute Gasteiger partial charge is 0.494 e. The van der Waals surface area contributed by atoms with E-state index in [9.17, 15) is 45.2 Å². The SMILES string of the molecule is CC[C@H](OCCC/C=C\[C@@H]1CCCC1C(=O)NS(=O)(=O)C1(C)CC1)[C@H](NC(=O)OC(C)(C)C(F)(F)F)C(=O)N1C[C@H](Oc2nccc3cc(OC)c(F)cc23)C[C@H]1C(N)=O. The molecule has 5 rings (SSSR count). The van der Waals surface area contributed by atoms with Crippen LogP contribution in [-0.2, 0) is 33.9 Å². The molecule has 1 saturated heterocycles. The lowest BCUT2D eigenvalue weighted by Crippen LogP contribution is -2.58. The zero-order chi connectivity index (χ0) is 44.2. The summed E-state index contributed by atoms with van der Waals surface area (Å²) in [5.74, 6) is -3.69. The number of hydrogen-bond donors (Lipinski definition) is 3. The van der Waals surface area contributed by atoms with Gasteiger partial charge in [0, 0.05) is 30.5 Å². The average Bonchev–Trinajstić information content (AvgIpc) is 3.54. The van der Waals surface area contributed by atoms with Crippen molar-refractivity contribution in [3.05, 3.63) is 42.4 Å². The van der Waals surface area contributed by atoms with Crippen LogP contribution < -0.4 is 25.2 Å². The molecule has 1 unspecified atom stereocenters. The van der Waals surface area contributed by atoms with Crippen molar-refractivity contribution in [3.8, 4) is 11.6 Å². The molecule has 0 spiro atoms. The molecular formula is C40H53F4N5O10S. The maximum Gasteiger partial charge on any atom is 0.427 e. The number of nitrogens with two attached hydrogens (primary N) is 1. The first kappa shape index (κ1) is 46.3. The fraction of sp³-hybridized carbons (Fsp3) is 0.625. The molecule has 4 N–H and O–H groups in total. The molecule has 0 radical (unpaired) electrons. The van der Waals surface area contributed by atoms with Crippen LogP contribution >= 0.6 is 0 Å². The van der Waals surface area contributed by atoms with Crippen LogP contribution in [0.4, 0.5) is 22.4 Å². The number of methoxy groups -OCH3 is 1. The Morgan fingerprint density at radius 2 is 1.87 bits per heavy atom. The Kier molecular flexibility index (Phi) is 14.3. The third kappa shape index (κ3) is 10.6. The highest BCUT2D eigenvalue weighted by Gasteiger charge is 2.53. The molecule has 1 aliphatic heterocycles. The van der Waals surface area contributed by atoms with Crippen LogP contribution in [0.1, 0.15) is 85.5 Å². The molecule has 1 aromatic carbocycles. The summed E-state index contributed by atoms with van der Waals surface area (Å²) in [5, 5.41) is 3.05. The number of amides is 4. The van der Waals surface area contributed by atoms with Crippen molar-refractivity contribution in [3.63, 3.8) is 0 Å². The lowest BCUT2D eigenvalue weighted by molar-refractivity contribution is -0.244. The predicted octanol–water partition coefficient (Wildman–Crippen LogP) is 5.20. The Hall–Kier alpha value is -4.72. The number of carbonyl (C=O) groups is 4. The molecule has 6 atom stereocenters. The Morgan fingerprint density at radius 3 is 2.50 bits per heavy atom. The van der Waals surface area contributed by atoms with Gasteiger partial charge in [-0.05, 0) is 95.2 Å². The number of nitrogens with one attached hydrogen (secondary N) is 2. The predicted molar refractivity (Wildman–Crippen MR) is 209 cm³/mol. The summed E-state index contributed by atoms with van der Waals surface area (Å²) in [6.07, 6.45) is 0.440. The summed E-state index contributed by atoms with van der Waals surface area (Å²) in [5.41, 5.74) is 2.79. The van der Waals surface area contributed by atoms with Gasteiger partial charge in [-0.1, -0.05) is 25.5 Å². The molecule has 2 saturated carbocycles. The number of alkyl carbamates (subject to hydrolysis) is 1. The molecule has 60 heavy (non-hydrogen) atoms. The topological polar surface area (TPSA) is 206 Å². The van der Waals surface area contributed by atoms with Gasteiger partial charge in [0.1, 0.15) is 18.2 Å². The first-order valence-corrected chi connectivity index (χ1v) is 21.4. The highest BCUT2D eigenvalue weighted by molar-refractivity contribution is 7.91. The molecule has 2 heterocycles. The van der Waals surface area contributed by atoms with Gasteiger partial charge in [-0.15, -0.1) is 0 Å². The van der Waals surface area contributed by atoms with Gasteiger partial charge in [0.05, 0.1) is 24.5 Å². The number of primary amides is 1. The lowest BCUT2D eigenvalue weighted by Gasteiger charge is -2.33. The number of alkyl halides is 3. The summed E-state index contributed by atoms with van der Waals surface area (Å²) >= 11 is 0. The maximum atomic E-state index is 14.7. The van der Waals surface area contributed by atoms with E-state index in [4.69, 9.17) is 24.7 Å². The molecular weight excluding hydrogens is 819 g/mol. The van der Waals surface area contributed by atoms with Gasteiger partial charge in [-0.2, -0.15) is 13.2 Å². The zero-order valence-electron chi connectivity index (χ0n) is 34.2. The van der Waals surface area contributed by atoms with Crippen LogP contribution in [-0.4, -0.2) is 103 Å². The second kappa shape index (κ2) is 18.5. The minimum atomic E-state index is -4.95. The molecule has 3 fully saturated rings. The van der Waals surface area contributed by atoms with Crippen LogP contribution in [0.15, 0.2) is 36.5 Å². The molecule has 2 aliphatic carbocycles. The van der Waals surface area contributed by atoms with Gasteiger partial charge in [0.15, 0.2) is 11.6 Å². The summed E-state index contributed by atoms with van der Waals surface area (Å²) in [6.45, 7) is 4.30. The molecule has 4 amide bonds. The Balaban J connectivity index is 1.27. The van der Waals surface area contributed by atoms with Crippen LogP contribution in [0.2, 0.25) is 0 Å². The van der Waals surface area contributed by atoms with Crippen LogP contribution in [0.5, 0.6) is 11.6 Å². The van der Waals surface area contributed by atoms with Crippen molar-refractivity contribution in [2.45, 2.75) is 126 Å². The van der Waals surface area contributed by atoms with Crippen LogP contribution in [0, 0.1) is 17.7 Å². The standard InChI is InChI=1S/C40H53F4N5O10S/c1-6-30(57-18-9-7-8-11-23-12-10-13-26(23)34(51)48-60(54,55)39(4)15-16-39)32(47-37(53)59-38(2,3)40(42,43)44)36(52)49-22-25(20-29(49)33(45)50)58-35-27-21-28(41)31(56-5)19-24(27)14-17-46-35/h8,11,14,17,19,21,23,25-26,29-30,32H,6-7,9-10,12-13,15-16,18,20,22H2,1-5H3,(H2,45,50)(H,47,53)(H,48,51)/b11-8-/t23-,25-,26?,29+,30+,32+/m1/s1. The first-order valence-electron chi connectivity index (χ1n) is 19.9. The molecule has 15 nitrogen and oxygen atoms in total. The number of fused-ring (bicyclic) bond motifs is 1. The minimum Gasteiger partial charge on any atom is -0.494 e. The van der Waals surface area contributed by atoms with Gasteiger partial charge in [-0.3, -0.25) is 19.1 Å². The van der Waals surface area contributed by atoms with Gasteiger partial charge in [-0.25, -0.2) is 22.6 Å². The highest BCUT2D eigenvalue weighted by atomic mass is 32.2. The van der Waals surface area contributed by atoms with Gasteiger partial charge >= 0.3 is 12.3 Å². The number of hydrogen-bond acceptors (Lipinski definition) is 11. The first-order chi connectivity index (χ1) is 28.1. The number of nitrogens with zero attached hydrogens (tertiary/aromatic N) is 2. The van der Waals surface area contributed by atoms with Gasteiger partial charge in [0.25, 0.3) is 0 Å². The summed E-state index contributed by atoms with van der Waals surface area (Å²) in [7, 11) is -2.45. The van der Waals surface area contributed by atoms with E-state index < -0.39 is 86.4 Å². The van der Waals surface area contributed by atoms with E-state index in [0.29, 0.717) is 57.8 Å². The number of sulfonamides is 1. The number of pyridine rings is 1. The minimum absolute atomic E-state index is 0.00401. The van der Waals surface area contributed by atoms with Crippen molar-refractivity contribution in [2.75, 3.05) is 20.3 Å². The summed E-state index contributed by atoms with van der Waals surface area (Å²) in [6, 6.07) is 1.30. The molecule has 332 valence electrons. The van der Waals surface area contributed by atoms with Gasteiger partial charge < -0.3 is 34.9 Å². The fourth-order valence-corrected chi connectivity index (χ4v) is 8.67. The van der Waals surface area contributed by atoms with Crippen LogP contribution in [0.3, 0.4) is 0 Å². The number of likely N-dealkylation sites (tertiary alicyclic amines) is 1. The molecule has 20 heteroatoms. The van der Waals surface area contributed by atoms with Crippen molar-refractivity contribution in [1.82, 2.24) is 19.9 Å². The zero-order valence-corrected chi connectivity index (χ0v) is 35.0. The van der Waals surface area contributed by atoms with Crippen LogP contribution in [0.25, 0.3) is 10.8 Å². The molecule has 0 bridgehead atoms. The van der Waals surface area contributed by atoms with E-state index in [1.165, 1.54) is 25.4 Å². The quantitative estimate of drug-likeness (QED) is 0.101. The van der Waals surface area contributed by atoms with E-state index in [2.05, 4.69) is 15.0 Å². The highest BCUT2D eigenvalue weighted by Crippen LogP contribution is 2.43. The van der Waals surface area contributed by atoms with Crippen molar-refractivity contribution in [2.24, 2.45) is 17.6 Å². The Bertz CT molecular complexity index is 2060. The normalized spacial score (nSPS) is 22.6. The lowest BCUT2D eigenvalue weighted by atomic mass is 9.95. The molecule has 2 aromatic rings. The smallest absolute Gasteiger partial charge is 0.427 e. The Morgan fingerprint density at radius 1 is 1.15 bits per heavy atom. The average molecular weight is 872 g/mol. The number of carbonyl (C=O) groups excluding carboxylic acids is 4. The van der Waals surface area contributed by atoms with E-state index in [1.807, 2.05) is 12.2 Å². The number of halogens is 4. The van der Waals surface area contributed by atoms with E-state index in [0.717, 1.165) is 11.3 Å². The van der Waals surface area contributed by atoms with Crippen molar-refractivity contribution >= 4 is 44.6 Å². The number of unbranched alkanes of at least 4 members (excludes halogenated alkanes) is 1. The van der Waals surface area contributed by atoms with Gasteiger partial charge in [0.2, 0.25) is 39.2 Å². The molecule has 3 aliphatic rings. The molecule has 1 aromatic heterocycles. The van der Waals surface area contributed by atoms with E-state index in [-0.39, 0.29) is 48.9 Å². The number of benzene rings is 1. The summed E-state index contributed by atoms with van der Waals surface area (Å²) < 4.78 is 104. The number of allylic oxidation sites excluding steroid dienone is 2. The summed E-state index contributed by atoms with van der Waals surface area (Å²) in [4.78, 5) is 58.3. The third-order valence-corrected chi connectivity index (χ3v) is 13.6. The monoisotopic (exact) mass is 871 g/mol. The third-order valence-electron chi connectivity index (χ3n) is 11.5. The number of ether oxygens (including phenoxy) is 4. The number of aromatic nitrogens is 1. The van der Waals surface area contributed by atoms with E-state index >= 15 is 0 Å².